The predicted octanol–water partition coefficient (Wildman–Crippen LogP) is 3.30. The highest BCUT2D eigenvalue weighted by molar-refractivity contribution is 5.98. The van der Waals surface area contributed by atoms with E-state index in [0.29, 0.717) is 24.8 Å². The van der Waals surface area contributed by atoms with Gasteiger partial charge in [-0.2, -0.15) is 0 Å². The van der Waals surface area contributed by atoms with Gasteiger partial charge in [-0.05, 0) is 18.1 Å². The molecule has 0 N–H and O–H groups in total. The first-order chi connectivity index (χ1) is 8.22. The van der Waals surface area contributed by atoms with Gasteiger partial charge in [0.2, 0.25) is 0 Å². The van der Waals surface area contributed by atoms with Crippen molar-refractivity contribution < 1.29 is 4.79 Å². The minimum Gasteiger partial charge on any atom is -0.294 e. The van der Waals surface area contributed by atoms with Crippen molar-refractivity contribution in [2.45, 2.75) is 19.3 Å². The molecule has 0 aliphatic heterocycles. The molecule has 0 unspecified atom stereocenters. The van der Waals surface area contributed by atoms with E-state index in [4.69, 9.17) is 0 Å². The second-order valence-corrected chi connectivity index (χ2v) is 3.73. The van der Waals surface area contributed by atoms with Crippen LogP contribution in [0, 0.1) is 0 Å². The van der Waals surface area contributed by atoms with Gasteiger partial charge in [-0.1, -0.05) is 18.2 Å². The van der Waals surface area contributed by atoms with Crippen LogP contribution in [0.15, 0.2) is 50.2 Å². The fourth-order valence-corrected chi connectivity index (χ4v) is 1.62. The van der Waals surface area contributed by atoms with Gasteiger partial charge in [0.15, 0.2) is 5.78 Å². The molecule has 17 heavy (non-hydrogen) atoms. The van der Waals surface area contributed by atoms with E-state index in [1.54, 1.807) is 24.4 Å². The van der Waals surface area contributed by atoms with Gasteiger partial charge in [0, 0.05) is 30.3 Å². The summed E-state index contributed by atoms with van der Waals surface area (Å²) in [5, 5.41) is 0. The number of hydrogen-bond donors (Lipinski definition) is 0. The number of Topliss-reactive ketones (excluding diaryl/α,β-unsaturated/α-hetero) is 1. The summed E-state index contributed by atoms with van der Waals surface area (Å²) < 4.78 is 0. The molecule has 0 aromatic carbocycles. The Morgan fingerprint density at radius 1 is 1.18 bits per heavy atom. The van der Waals surface area contributed by atoms with E-state index >= 15 is 0 Å². The van der Waals surface area contributed by atoms with Gasteiger partial charge >= 0.3 is 0 Å². The summed E-state index contributed by atoms with van der Waals surface area (Å²) >= 11 is 0. The van der Waals surface area contributed by atoms with Crippen LogP contribution >= 0.6 is 0 Å². The summed E-state index contributed by atoms with van der Waals surface area (Å²) in [6.07, 6.45) is 8.56. The maximum atomic E-state index is 11.8. The first-order valence-electron chi connectivity index (χ1n) is 5.56. The molecule has 0 atom stereocenters. The lowest BCUT2D eigenvalue weighted by molar-refractivity contribution is 0.0995. The van der Waals surface area contributed by atoms with Crippen LogP contribution in [0.5, 0.6) is 0 Å². The molecule has 1 aromatic rings. The predicted molar refractivity (Wildman–Crippen MR) is 71.2 cm³/mol. The fraction of sp³-hybridized carbons (Fsp3) is 0.200. The van der Waals surface area contributed by atoms with Crippen molar-refractivity contribution in [2.24, 2.45) is 0 Å². The van der Waals surface area contributed by atoms with E-state index < -0.39 is 0 Å². The number of aromatic nitrogens is 1. The van der Waals surface area contributed by atoms with E-state index in [1.165, 1.54) is 0 Å². The molecule has 1 rings (SSSR count). The van der Waals surface area contributed by atoms with E-state index in [9.17, 15) is 4.79 Å². The number of carbonyl (C=O) groups is 1. The summed E-state index contributed by atoms with van der Waals surface area (Å²) in [7, 11) is 0. The molecule has 1 aromatic heterocycles. The molecule has 88 valence electrons. The molecule has 0 aliphatic carbocycles. The molecule has 1 heterocycles. The SMILES string of the molecule is C=CCC(=O)c1cnc(CC=C)cc1CC=C. The molecule has 0 amide bonds. The monoisotopic (exact) mass is 227 g/mol. The van der Waals surface area contributed by atoms with Gasteiger partial charge < -0.3 is 0 Å². The zero-order valence-corrected chi connectivity index (χ0v) is 9.98. The van der Waals surface area contributed by atoms with Crippen LogP contribution in [0.3, 0.4) is 0 Å². The quantitative estimate of drug-likeness (QED) is 0.528. The number of carbonyl (C=O) groups excluding carboxylic acids is 1. The highest BCUT2D eigenvalue weighted by Crippen LogP contribution is 2.14. The lowest BCUT2D eigenvalue weighted by atomic mass is 10.00. The molecule has 0 aliphatic rings. The van der Waals surface area contributed by atoms with Crippen LogP contribution in [0.4, 0.5) is 0 Å². The summed E-state index contributed by atoms with van der Waals surface area (Å²) in [6, 6.07) is 1.94. The second kappa shape index (κ2) is 6.59. The number of hydrogen-bond acceptors (Lipinski definition) is 2. The Bertz CT molecular complexity index is 446. The zero-order valence-electron chi connectivity index (χ0n) is 9.98. The fourth-order valence-electron chi connectivity index (χ4n) is 1.62. The second-order valence-electron chi connectivity index (χ2n) is 3.73. The molecule has 0 bridgehead atoms. The van der Waals surface area contributed by atoms with Crippen molar-refractivity contribution in [3.05, 3.63) is 67.0 Å². The van der Waals surface area contributed by atoms with Crippen molar-refractivity contribution in [3.63, 3.8) is 0 Å². The standard InChI is InChI=1S/C15H17NO/c1-4-7-12-10-13(8-5-2)16-11-14(12)15(17)9-6-3/h4-6,10-11H,1-3,7-9H2. The molecule has 0 saturated carbocycles. The number of allylic oxidation sites excluding steroid dienone is 3. The average molecular weight is 227 g/mol. The van der Waals surface area contributed by atoms with Crippen LogP contribution in [-0.4, -0.2) is 10.8 Å². The molecular weight excluding hydrogens is 210 g/mol. The first kappa shape index (κ1) is 13.1. The summed E-state index contributed by atoms with van der Waals surface area (Å²) in [5.74, 6) is 0.0505. The Hall–Kier alpha value is -1.96. The Balaban J connectivity index is 3.10. The van der Waals surface area contributed by atoms with Gasteiger partial charge in [0.25, 0.3) is 0 Å². The van der Waals surface area contributed by atoms with Gasteiger partial charge in [-0.25, -0.2) is 0 Å². The van der Waals surface area contributed by atoms with Crippen molar-refractivity contribution >= 4 is 5.78 Å². The lowest BCUT2D eigenvalue weighted by Gasteiger charge is -2.07. The molecule has 2 nitrogen and oxygen atoms in total. The highest BCUT2D eigenvalue weighted by atomic mass is 16.1. The average Bonchev–Trinajstić information content (AvgIpc) is 2.30. The zero-order chi connectivity index (χ0) is 12.7. The lowest BCUT2D eigenvalue weighted by Crippen LogP contribution is -2.05. The maximum absolute atomic E-state index is 11.8. The largest absolute Gasteiger partial charge is 0.294 e. The molecule has 0 radical (unpaired) electrons. The number of rotatable bonds is 7. The smallest absolute Gasteiger partial charge is 0.168 e. The van der Waals surface area contributed by atoms with Crippen LogP contribution in [0.2, 0.25) is 0 Å². The van der Waals surface area contributed by atoms with E-state index in [2.05, 4.69) is 24.7 Å². The summed E-state index contributed by atoms with van der Waals surface area (Å²) in [5.41, 5.74) is 2.56. The normalized spacial score (nSPS) is 9.65. The van der Waals surface area contributed by atoms with E-state index in [0.717, 1.165) is 11.3 Å². The Kier molecular flexibility index (Phi) is 5.08. The Labute approximate surface area is 102 Å². The van der Waals surface area contributed by atoms with Gasteiger partial charge in [-0.15, -0.1) is 19.7 Å². The van der Waals surface area contributed by atoms with Crippen molar-refractivity contribution in [1.82, 2.24) is 4.98 Å². The highest BCUT2D eigenvalue weighted by Gasteiger charge is 2.10. The van der Waals surface area contributed by atoms with E-state index in [-0.39, 0.29) is 5.78 Å². The van der Waals surface area contributed by atoms with Crippen molar-refractivity contribution in [1.29, 1.82) is 0 Å². The number of nitrogens with zero attached hydrogens (tertiary/aromatic N) is 1. The summed E-state index contributed by atoms with van der Waals surface area (Å²) in [4.78, 5) is 16.1. The third-order valence-corrected chi connectivity index (χ3v) is 2.39. The van der Waals surface area contributed by atoms with Crippen LogP contribution in [0.1, 0.15) is 28.0 Å². The molecule has 0 fully saturated rings. The van der Waals surface area contributed by atoms with Crippen LogP contribution < -0.4 is 0 Å². The Morgan fingerprint density at radius 2 is 1.88 bits per heavy atom. The molecule has 0 saturated heterocycles. The Morgan fingerprint density at radius 3 is 2.47 bits per heavy atom. The number of ketones is 1. The topological polar surface area (TPSA) is 30.0 Å². The van der Waals surface area contributed by atoms with Gasteiger partial charge in [-0.3, -0.25) is 9.78 Å². The molecular formula is C15H17NO. The minimum absolute atomic E-state index is 0.0505. The molecule has 2 heteroatoms. The van der Waals surface area contributed by atoms with Crippen molar-refractivity contribution in [2.75, 3.05) is 0 Å². The van der Waals surface area contributed by atoms with Crippen LogP contribution in [-0.2, 0) is 12.8 Å². The van der Waals surface area contributed by atoms with E-state index in [1.807, 2.05) is 6.07 Å². The van der Waals surface area contributed by atoms with Gasteiger partial charge in [0.05, 0.1) is 0 Å². The summed E-state index contributed by atoms with van der Waals surface area (Å²) in [6.45, 7) is 11.0. The third-order valence-electron chi connectivity index (χ3n) is 2.39. The van der Waals surface area contributed by atoms with Gasteiger partial charge in [0.1, 0.15) is 0 Å². The minimum atomic E-state index is 0.0505. The first-order valence-corrected chi connectivity index (χ1v) is 5.56. The third kappa shape index (κ3) is 3.52. The maximum Gasteiger partial charge on any atom is 0.168 e. The van der Waals surface area contributed by atoms with Crippen LogP contribution in [0.25, 0.3) is 0 Å². The van der Waals surface area contributed by atoms with Crippen molar-refractivity contribution in [3.8, 4) is 0 Å². The number of pyridine rings is 1. The molecule has 0 spiro atoms.